The van der Waals surface area contributed by atoms with Gasteiger partial charge in [-0.25, -0.2) is 50.7 Å². The molecule has 0 spiro atoms. The van der Waals surface area contributed by atoms with Gasteiger partial charge in [-0.2, -0.15) is 20.3 Å². The van der Waals surface area contributed by atoms with Crippen molar-refractivity contribution in [3.63, 3.8) is 0 Å². The summed E-state index contributed by atoms with van der Waals surface area (Å²) in [4.78, 5) is 269. The Hall–Kier alpha value is -16.1. The van der Waals surface area contributed by atoms with Crippen LogP contribution in [0.15, 0.2) is 212 Å². The molecule has 50 heteroatoms. The Balaban J connectivity index is 0.000000171. The monoisotopic (exact) mass is 2170 g/mol. The van der Waals surface area contributed by atoms with Crippen molar-refractivity contribution in [1.29, 1.82) is 0 Å². The maximum atomic E-state index is 13.6. The van der Waals surface area contributed by atoms with Gasteiger partial charge in [0.1, 0.15) is 5.56 Å². The van der Waals surface area contributed by atoms with Crippen LogP contribution in [0.4, 0.5) is 22.0 Å². The molecule has 0 saturated heterocycles. The maximum absolute atomic E-state index is 13.6. The zero-order valence-corrected chi connectivity index (χ0v) is 81.2. The number of fused-ring (bicyclic) bond motifs is 6. The van der Waals surface area contributed by atoms with E-state index >= 15 is 0 Å². The number of imide groups is 4. The average Bonchev–Trinajstić information content (AvgIpc) is 1.61. The van der Waals surface area contributed by atoms with Crippen LogP contribution in [0.1, 0.15) is 201 Å². The van der Waals surface area contributed by atoms with Crippen LogP contribution < -0.4 is 0 Å². The van der Waals surface area contributed by atoms with Crippen molar-refractivity contribution in [2.75, 3.05) is 14.1 Å². The number of hydrogen-bond acceptors (Lipinski definition) is 28. The summed E-state index contributed by atoms with van der Waals surface area (Å²) in [6.07, 6.45) is 0. The molecule has 0 N–H and O–H groups in total. The normalized spacial score (nSPS) is 12.7. The summed E-state index contributed by atoms with van der Waals surface area (Å²) in [5.41, 5.74) is 2.04. The fraction of sp³-hybridized carbons (Fsp3) is 0.0947. The fourth-order valence-electron chi connectivity index (χ4n) is 12.7. The highest BCUT2D eigenvalue weighted by Crippen LogP contribution is 2.46. The lowest BCUT2D eigenvalue weighted by Crippen LogP contribution is -2.32. The minimum atomic E-state index is -2.40. The molecule has 0 aliphatic carbocycles. The van der Waals surface area contributed by atoms with Gasteiger partial charge >= 0.3 is 47.8 Å². The third-order valence-electron chi connectivity index (χ3n) is 19.1. The number of rotatable bonds is 11. The third-order valence-corrected chi connectivity index (χ3v) is 22.4. The van der Waals surface area contributed by atoms with Crippen molar-refractivity contribution in [3.8, 4) is 0 Å². The lowest BCUT2D eigenvalue weighted by Gasteiger charge is -2.17. The van der Waals surface area contributed by atoms with Crippen molar-refractivity contribution >= 4 is 223 Å². The predicted molar refractivity (Wildman–Crippen MR) is 497 cm³/mol. The Kier molecular flexibility index (Phi) is 37.1. The molecule has 0 atom stereocenters. The number of amides is 12. The van der Waals surface area contributed by atoms with Crippen molar-refractivity contribution in [3.05, 3.63) is 381 Å². The SMILES string of the molecule is CC(=O)ON(C)C(=O)c1ccc(Cl)cc1.CC(=O)ON1C(=O)c2c(Cl)c(Cl)c(Cl)c(Cl)c2C1=O.CC(=O)ON1C(=O)c2c(Cl)ccc(Cl)c2C1=O.CC(=O)ON1C(=O)c2ccccc2C1=O.CC(=O)ON1Cc2ccccc2C1=O.CN(OC(=O)c1ccccc1)C(=O)c1c(F)c(F)c(F)c(F)c1F.O=C(ON1C(=O)c2c(Cl)ccc(Cl)c2C1=O)c1ccccc1.O=C(ON1Cc2ccccc2C1=O)c1ccccc1. The second kappa shape index (κ2) is 48.6. The highest BCUT2D eigenvalue weighted by atomic mass is 35.5. The highest BCUT2D eigenvalue weighted by molar-refractivity contribution is 6.55. The number of carbonyl (C=O) groups is 20. The topological polar surface area (TPSA) is 441 Å². The average molecular weight is 2180 g/mol. The summed E-state index contributed by atoms with van der Waals surface area (Å²) in [6, 6.07) is 56.5. The van der Waals surface area contributed by atoms with Crippen LogP contribution in [0, 0.1) is 29.1 Å². The van der Waals surface area contributed by atoms with E-state index in [0.29, 0.717) is 55.6 Å². The van der Waals surface area contributed by atoms with Crippen LogP contribution in [-0.4, -0.2) is 173 Å². The minimum absolute atomic E-state index is 0.00885. The zero-order valence-electron chi connectivity index (χ0n) is 74.4. The van der Waals surface area contributed by atoms with Crippen LogP contribution in [0.25, 0.3) is 0 Å². The van der Waals surface area contributed by atoms with E-state index in [-0.39, 0.29) is 118 Å². The van der Waals surface area contributed by atoms with Gasteiger partial charge in [-0.15, -0.1) is 0 Å². The molecule has 12 amide bonds. The number of benzene rings is 11. The summed E-state index contributed by atoms with van der Waals surface area (Å²) in [5.74, 6) is -26.3. The molecule has 0 fully saturated rings. The van der Waals surface area contributed by atoms with Gasteiger partial charge in [-0.05, 0) is 120 Å². The van der Waals surface area contributed by atoms with E-state index in [4.69, 9.17) is 119 Å². The first-order valence-corrected chi connectivity index (χ1v) is 43.7. The van der Waals surface area contributed by atoms with E-state index < -0.39 is 141 Å². The summed E-state index contributed by atoms with van der Waals surface area (Å²) in [5, 5.41) is 4.68. The first kappa shape index (κ1) is 111. The van der Waals surface area contributed by atoms with Crippen LogP contribution in [-0.2, 0) is 75.8 Å². The largest absolute Gasteiger partial charge is 0.363 e. The third kappa shape index (κ3) is 25.7. The zero-order chi connectivity index (χ0) is 107. The molecule has 17 rings (SSSR count). The van der Waals surface area contributed by atoms with Crippen molar-refractivity contribution < 1.29 is 157 Å². The Labute approximate surface area is 857 Å². The first-order valence-electron chi connectivity index (χ1n) is 40.3. The Bertz CT molecular complexity index is 7020. The summed E-state index contributed by atoms with van der Waals surface area (Å²) in [7, 11) is 2.17. The molecule has 11 aromatic carbocycles. The van der Waals surface area contributed by atoms with Crippen molar-refractivity contribution in [2.24, 2.45) is 0 Å². The van der Waals surface area contributed by atoms with E-state index in [2.05, 4.69) is 24.2 Å². The van der Waals surface area contributed by atoms with Gasteiger partial charge in [0.2, 0.25) is 5.82 Å². The number of halogens is 14. The molecular weight excluding hydrogens is 2120 g/mol. The van der Waals surface area contributed by atoms with Gasteiger partial charge in [0.05, 0.1) is 114 Å². The molecular formula is C95H60Cl9F5N8O28. The maximum Gasteiger partial charge on any atom is 0.363 e. The Morgan fingerprint density at radius 3 is 0.883 bits per heavy atom. The molecule has 0 saturated carbocycles. The molecule has 6 aliphatic rings. The van der Waals surface area contributed by atoms with E-state index in [1.807, 2.05) is 30.3 Å². The standard InChI is InChI=1S/C15H7Cl2NO4.C15H8F5NO3.C15H11NO3.C10H3Cl4NO4.C10H5Cl2NO4.C10H10ClNO3.C10H7NO4.C10H9NO3/c16-9-6-7-10(17)12-11(9)13(19)18(14(12)20)22-15(21)8-4-2-1-3-5-8;1-21(24-15(23)7-5-3-2-4-6-7)14(22)8-9(16)11(18)13(20)12(19)10(8)17;17-14-13-9-5-4-8-12(13)10-16(14)19-15(18)11-6-2-1-3-7-11;1-2(16)19-15-9(17)3-4(10(15)18)6(12)8(14)7(13)5(3)11;1-4(14)17-13-9(15)7-5(11)2-3-6(12)8(7)10(13)16;1-7(13)15-12(2)10(14)8-3-5-9(11)6-4-8;1-6(12)15-11-9(13)7-4-2-3-5-8(7)10(11)14;1-7(12)14-11-6-8-4-2-3-5-9(8)10(11)13/h1-7H;2-6H,1H3;1-9H,10H2;1H3;2-3H,1H3;3-6H,1-2H3;2-5H,1H3;2-5H,6H2,1H3. The number of hydrogen-bond donors (Lipinski definition) is 0. The minimum Gasteiger partial charge on any atom is -0.338 e. The second-order valence-corrected chi connectivity index (χ2v) is 32.5. The van der Waals surface area contributed by atoms with Crippen LogP contribution in [0.2, 0.25) is 45.2 Å². The quantitative estimate of drug-likeness (QED) is 0.0381. The first-order chi connectivity index (χ1) is 68.5. The Morgan fingerprint density at radius 1 is 0.262 bits per heavy atom. The summed E-state index contributed by atoms with van der Waals surface area (Å²) in [6.45, 7) is 6.38. The lowest BCUT2D eigenvalue weighted by atomic mass is 10.1. The molecule has 0 unspecified atom stereocenters. The molecule has 36 nitrogen and oxygen atoms in total. The molecule has 6 aliphatic heterocycles. The van der Waals surface area contributed by atoms with Gasteiger partial charge < -0.3 is 38.7 Å². The fourth-order valence-corrected chi connectivity index (χ4v) is 14.8. The molecule has 0 radical (unpaired) electrons. The molecule has 0 aromatic heterocycles. The van der Waals surface area contributed by atoms with Crippen molar-refractivity contribution in [1.82, 2.24) is 40.5 Å². The smallest absolute Gasteiger partial charge is 0.338 e. The van der Waals surface area contributed by atoms with Gasteiger partial charge in [0.15, 0.2) is 23.3 Å². The predicted octanol–water partition coefficient (Wildman–Crippen LogP) is 18.2. The molecule has 6 heterocycles. The van der Waals surface area contributed by atoms with Crippen LogP contribution >= 0.6 is 104 Å². The highest BCUT2D eigenvalue weighted by Gasteiger charge is 2.47. The second-order valence-electron chi connectivity index (χ2n) is 28.9. The number of carbonyl (C=O) groups excluding carboxylic acids is 20. The number of nitrogens with zero attached hydrogens (tertiary/aromatic N) is 8. The summed E-state index contributed by atoms with van der Waals surface area (Å²) >= 11 is 52.4. The van der Waals surface area contributed by atoms with E-state index in [1.54, 1.807) is 109 Å². The molecule has 145 heavy (non-hydrogen) atoms. The number of hydroxylamine groups is 16. The van der Waals surface area contributed by atoms with E-state index in [9.17, 15) is 118 Å². The lowest BCUT2D eigenvalue weighted by molar-refractivity contribution is -0.175. The van der Waals surface area contributed by atoms with Gasteiger partial charge in [-0.3, -0.25) is 67.1 Å². The van der Waals surface area contributed by atoms with Gasteiger partial charge in [0, 0.05) is 70.4 Å². The molecule has 0 bridgehead atoms. The van der Waals surface area contributed by atoms with E-state index in [0.717, 1.165) is 54.1 Å². The van der Waals surface area contributed by atoms with Crippen molar-refractivity contribution in [2.45, 2.75) is 47.7 Å². The van der Waals surface area contributed by atoms with Crippen LogP contribution in [0.3, 0.4) is 0 Å². The summed E-state index contributed by atoms with van der Waals surface area (Å²) < 4.78 is 66.3. The molecule has 11 aromatic rings. The van der Waals surface area contributed by atoms with Crippen LogP contribution in [0.5, 0.6) is 0 Å². The van der Waals surface area contributed by atoms with E-state index in [1.165, 1.54) is 93.7 Å². The Morgan fingerprint density at radius 2 is 0.545 bits per heavy atom. The van der Waals surface area contributed by atoms with Gasteiger partial charge in [0.25, 0.3) is 70.9 Å². The van der Waals surface area contributed by atoms with Gasteiger partial charge in [-0.1, -0.05) is 228 Å². The molecule has 746 valence electrons.